The van der Waals surface area contributed by atoms with Crippen molar-refractivity contribution in [1.29, 1.82) is 0 Å². The maximum atomic E-state index is 12.1. The number of hydrogen-bond donors (Lipinski definition) is 0. The predicted octanol–water partition coefficient (Wildman–Crippen LogP) is 1.60. The molecule has 2 aliphatic rings. The van der Waals surface area contributed by atoms with E-state index in [1.807, 2.05) is 4.90 Å². The number of nitrogens with zero attached hydrogens (tertiary/aromatic N) is 2. The van der Waals surface area contributed by atoms with E-state index in [4.69, 9.17) is 4.74 Å². The van der Waals surface area contributed by atoms with Crippen LogP contribution in [0.1, 0.15) is 33.1 Å². The first-order chi connectivity index (χ1) is 8.97. The molecule has 0 aromatic heterocycles. The third-order valence-electron chi connectivity index (χ3n) is 4.66. The Balaban J connectivity index is 1.89. The monoisotopic (exact) mass is 268 g/mol. The Morgan fingerprint density at radius 3 is 2.68 bits per heavy atom. The normalized spacial score (nSPS) is 26.8. The molecule has 1 amide bonds. The molecule has 1 unspecified atom stereocenters. The third kappa shape index (κ3) is 3.11. The first-order valence-corrected chi connectivity index (χ1v) is 7.45. The van der Waals surface area contributed by atoms with E-state index in [0.717, 1.165) is 26.2 Å². The van der Waals surface area contributed by atoms with Gasteiger partial charge in [0, 0.05) is 33.2 Å². The molecule has 2 rings (SSSR count). The van der Waals surface area contributed by atoms with Crippen molar-refractivity contribution in [2.24, 2.45) is 11.8 Å². The molecule has 2 aliphatic heterocycles. The number of ether oxygens (including phenoxy) is 1. The summed E-state index contributed by atoms with van der Waals surface area (Å²) in [6, 6.07) is 0. The number of methoxy groups -OCH3 is 1. The smallest absolute Gasteiger partial charge is 0.222 e. The lowest BCUT2D eigenvalue weighted by molar-refractivity contribution is -0.151. The SMILES string of the molecule is COCC1CCN(C)C2(C1)CN(C(=O)CC(C)C)C2. The zero-order chi connectivity index (χ0) is 14.0. The van der Waals surface area contributed by atoms with Crippen molar-refractivity contribution in [1.82, 2.24) is 9.80 Å². The van der Waals surface area contributed by atoms with Gasteiger partial charge in [-0.2, -0.15) is 0 Å². The van der Waals surface area contributed by atoms with Gasteiger partial charge in [-0.3, -0.25) is 9.69 Å². The van der Waals surface area contributed by atoms with E-state index < -0.39 is 0 Å². The van der Waals surface area contributed by atoms with Gasteiger partial charge in [0.2, 0.25) is 5.91 Å². The fourth-order valence-corrected chi connectivity index (χ4v) is 3.48. The highest BCUT2D eigenvalue weighted by Gasteiger charge is 2.50. The van der Waals surface area contributed by atoms with Crippen LogP contribution in [0, 0.1) is 11.8 Å². The van der Waals surface area contributed by atoms with E-state index in [1.165, 1.54) is 12.8 Å². The third-order valence-corrected chi connectivity index (χ3v) is 4.66. The van der Waals surface area contributed by atoms with Crippen LogP contribution in [0.4, 0.5) is 0 Å². The molecule has 0 N–H and O–H groups in total. The van der Waals surface area contributed by atoms with Gasteiger partial charge >= 0.3 is 0 Å². The highest BCUT2D eigenvalue weighted by Crippen LogP contribution is 2.38. The van der Waals surface area contributed by atoms with Crippen LogP contribution >= 0.6 is 0 Å². The summed E-state index contributed by atoms with van der Waals surface area (Å²) < 4.78 is 5.31. The van der Waals surface area contributed by atoms with E-state index in [-0.39, 0.29) is 5.54 Å². The van der Waals surface area contributed by atoms with Crippen molar-refractivity contribution in [2.75, 3.05) is 40.4 Å². The maximum Gasteiger partial charge on any atom is 0.222 e. The Morgan fingerprint density at radius 2 is 2.11 bits per heavy atom. The van der Waals surface area contributed by atoms with Gasteiger partial charge in [0.25, 0.3) is 0 Å². The molecular weight excluding hydrogens is 240 g/mol. The number of carbonyl (C=O) groups is 1. The quantitative estimate of drug-likeness (QED) is 0.776. The molecule has 0 aromatic carbocycles. The second-order valence-electron chi connectivity index (χ2n) is 6.81. The zero-order valence-corrected chi connectivity index (χ0v) is 12.8. The summed E-state index contributed by atoms with van der Waals surface area (Å²) in [6.45, 7) is 8.02. The maximum absolute atomic E-state index is 12.1. The number of carbonyl (C=O) groups excluding carboxylic acids is 1. The lowest BCUT2D eigenvalue weighted by Gasteiger charge is -2.58. The number of piperidine rings is 1. The minimum Gasteiger partial charge on any atom is -0.384 e. The first-order valence-electron chi connectivity index (χ1n) is 7.45. The van der Waals surface area contributed by atoms with Gasteiger partial charge in [-0.1, -0.05) is 13.8 Å². The van der Waals surface area contributed by atoms with Gasteiger partial charge in [0.15, 0.2) is 0 Å². The van der Waals surface area contributed by atoms with Crippen LogP contribution in [0.5, 0.6) is 0 Å². The van der Waals surface area contributed by atoms with Crippen molar-refractivity contribution in [2.45, 2.75) is 38.6 Å². The molecule has 0 radical (unpaired) electrons. The Morgan fingerprint density at radius 1 is 1.42 bits per heavy atom. The molecule has 4 heteroatoms. The fourth-order valence-electron chi connectivity index (χ4n) is 3.48. The second-order valence-corrected chi connectivity index (χ2v) is 6.81. The average Bonchev–Trinajstić information content (AvgIpc) is 2.28. The van der Waals surface area contributed by atoms with Crippen molar-refractivity contribution in [3.63, 3.8) is 0 Å². The van der Waals surface area contributed by atoms with Crippen LogP contribution in [0.3, 0.4) is 0 Å². The van der Waals surface area contributed by atoms with Crippen LogP contribution in [-0.2, 0) is 9.53 Å². The highest BCUT2D eigenvalue weighted by atomic mass is 16.5. The minimum absolute atomic E-state index is 0.230. The molecule has 0 saturated carbocycles. The molecular formula is C15H28N2O2. The van der Waals surface area contributed by atoms with Crippen LogP contribution in [0.2, 0.25) is 0 Å². The van der Waals surface area contributed by atoms with E-state index >= 15 is 0 Å². The van der Waals surface area contributed by atoms with Gasteiger partial charge in [-0.15, -0.1) is 0 Å². The molecule has 0 aromatic rings. The summed E-state index contributed by atoms with van der Waals surface area (Å²) in [4.78, 5) is 16.5. The molecule has 2 heterocycles. The topological polar surface area (TPSA) is 32.8 Å². The Kier molecular flexibility index (Phi) is 4.51. The number of likely N-dealkylation sites (N-methyl/N-ethyl adjacent to an activating group) is 1. The summed E-state index contributed by atoms with van der Waals surface area (Å²) in [5, 5.41) is 0. The van der Waals surface area contributed by atoms with Crippen molar-refractivity contribution in [3.8, 4) is 0 Å². The van der Waals surface area contributed by atoms with E-state index in [0.29, 0.717) is 24.2 Å². The Bertz CT molecular complexity index is 324. The van der Waals surface area contributed by atoms with Crippen LogP contribution in [0.25, 0.3) is 0 Å². The molecule has 110 valence electrons. The van der Waals surface area contributed by atoms with Crippen molar-refractivity contribution >= 4 is 5.91 Å². The summed E-state index contributed by atoms with van der Waals surface area (Å²) in [5.41, 5.74) is 0.230. The van der Waals surface area contributed by atoms with Gasteiger partial charge < -0.3 is 9.64 Å². The molecule has 4 nitrogen and oxygen atoms in total. The highest BCUT2D eigenvalue weighted by molar-refractivity contribution is 5.77. The summed E-state index contributed by atoms with van der Waals surface area (Å²) in [7, 11) is 3.98. The lowest BCUT2D eigenvalue weighted by atomic mass is 9.75. The molecule has 2 saturated heterocycles. The van der Waals surface area contributed by atoms with Gasteiger partial charge in [-0.05, 0) is 38.3 Å². The van der Waals surface area contributed by atoms with E-state index in [9.17, 15) is 4.79 Å². The zero-order valence-electron chi connectivity index (χ0n) is 12.8. The predicted molar refractivity (Wildman–Crippen MR) is 76.0 cm³/mol. The summed E-state index contributed by atoms with van der Waals surface area (Å²) >= 11 is 0. The molecule has 1 atom stereocenters. The molecule has 2 fully saturated rings. The standard InChI is InChI=1S/C15H28N2O2/c1-12(2)7-14(18)17-10-15(11-17)8-13(9-19-4)5-6-16(15)3/h12-13H,5-11H2,1-4H3. The molecule has 19 heavy (non-hydrogen) atoms. The average molecular weight is 268 g/mol. The largest absolute Gasteiger partial charge is 0.384 e. The van der Waals surface area contributed by atoms with Crippen molar-refractivity contribution in [3.05, 3.63) is 0 Å². The van der Waals surface area contributed by atoms with Crippen molar-refractivity contribution < 1.29 is 9.53 Å². The first kappa shape index (κ1) is 14.8. The molecule has 0 aliphatic carbocycles. The molecule has 0 bridgehead atoms. The fraction of sp³-hybridized carbons (Fsp3) is 0.933. The van der Waals surface area contributed by atoms with Gasteiger partial charge in [0.05, 0.1) is 5.54 Å². The second kappa shape index (κ2) is 5.80. The summed E-state index contributed by atoms with van der Waals surface area (Å²) in [5.74, 6) is 1.43. The summed E-state index contributed by atoms with van der Waals surface area (Å²) in [6.07, 6.45) is 3.07. The number of hydrogen-bond acceptors (Lipinski definition) is 3. The van der Waals surface area contributed by atoms with E-state index in [2.05, 4.69) is 25.8 Å². The Hall–Kier alpha value is -0.610. The van der Waals surface area contributed by atoms with Gasteiger partial charge in [0.1, 0.15) is 0 Å². The number of rotatable bonds is 4. The lowest BCUT2D eigenvalue weighted by Crippen LogP contribution is -2.72. The Labute approximate surface area is 117 Å². The van der Waals surface area contributed by atoms with Crippen LogP contribution in [0.15, 0.2) is 0 Å². The van der Waals surface area contributed by atoms with Crippen LogP contribution < -0.4 is 0 Å². The molecule has 1 spiro atoms. The van der Waals surface area contributed by atoms with Crippen LogP contribution in [-0.4, -0.2) is 61.6 Å². The number of likely N-dealkylation sites (tertiary alicyclic amines) is 2. The van der Waals surface area contributed by atoms with E-state index in [1.54, 1.807) is 7.11 Å². The number of amides is 1. The minimum atomic E-state index is 0.230. The van der Waals surface area contributed by atoms with Gasteiger partial charge in [-0.25, -0.2) is 0 Å².